The van der Waals surface area contributed by atoms with Crippen molar-refractivity contribution in [2.45, 2.75) is 12.5 Å². The maximum absolute atomic E-state index is 12.9. The lowest BCUT2D eigenvalue weighted by molar-refractivity contribution is -0.119. The lowest BCUT2D eigenvalue weighted by Gasteiger charge is -2.15. The van der Waals surface area contributed by atoms with Gasteiger partial charge in [-0.15, -0.1) is 11.3 Å². The maximum atomic E-state index is 12.9. The third-order valence-electron chi connectivity index (χ3n) is 5.33. The largest absolute Gasteiger partial charge is 0.368 e. The molecule has 0 unspecified atom stereocenters. The second kappa shape index (κ2) is 8.24. The number of benzene rings is 2. The summed E-state index contributed by atoms with van der Waals surface area (Å²) in [5.41, 5.74) is 9.39. The Labute approximate surface area is 187 Å². The number of nitrogens with one attached hydrogen (secondary N) is 2. The molecule has 32 heavy (non-hydrogen) atoms. The Morgan fingerprint density at radius 2 is 1.91 bits per heavy atom. The van der Waals surface area contributed by atoms with E-state index in [1.165, 1.54) is 0 Å². The van der Waals surface area contributed by atoms with Gasteiger partial charge in [-0.1, -0.05) is 18.2 Å². The first-order chi connectivity index (χ1) is 15.6. The molecule has 3 heterocycles. The molecule has 5 rings (SSSR count). The predicted octanol–water partition coefficient (Wildman–Crippen LogP) is 3.67. The van der Waals surface area contributed by atoms with Gasteiger partial charge in [0.15, 0.2) is 0 Å². The Morgan fingerprint density at radius 1 is 1.09 bits per heavy atom. The summed E-state index contributed by atoms with van der Waals surface area (Å²) in [6.07, 6.45) is 3.73. The highest BCUT2D eigenvalue weighted by Gasteiger charge is 2.21. The quantitative estimate of drug-likeness (QED) is 0.373. The monoisotopic (exact) mass is 441 g/mol. The van der Waals surface area contributed by atoms with Crippen molar-refractivity contribution in [2.24, 2.45) is 5.73 Å². The van der Waals surface area contributed by atoms with Crippen LogP contribution >= 0.6 is 11.3 Å². The van der Waals surface area contributed by atoms with E-state index in [4.69, 9.17) is 5.73 Å². The first-order valence-electron chi connectivity index (χ1n) is 10.0. The molecule has 0 radical (unpaired) electrons. The number of nitrogens with two attached hydrogens (primary N) is 1. The summed E-state index contributed by atoms with van der Waals surface area (Å²) in [7, 11) is 0. The number of fused-ring (bicyclic) bond motifs is 2. The van der Waals surface area contributed by atoms with Gasteiger partial charge in [0.1, 0.15) is 11.9 Å². The number of primary amides is 1. The Morgan fingerprint density at radius 3 is 2.72 bits per heavy atom. The molecule has 0 fully saturated rings. The second-order valence-corrected chi connectivity index (χ2v) is 8.35. The van der Waals surface area contributed by atoms with Crippen LogP contribution in [0.15, 0.2) is 72.4 Å². The van der Waals surface area contributed by atoms with Crippen molar-refractivity contribution >= 4 is 44.3 Å². The first-order valence-corrected chi connectivity index (χ1v) is 10.9. The summed E-state index contributed by atoms with van der Waals surface area (Å²) < 4.78 is 1.13. The number of nitrogens with zero attached hydrogens (tertiary/aromatic N) is 2. The Balaban J connectivity index is 1.38. The zero-order valence-corrected chi connectivity index (χ0v) is 17.7. The minimum atomic E-state index is -0.814. The predicted molar refractivity (Wildman–Crippen MR) is 125 cm³/mol. The van der Waals surface area contributed by atoms with Gasteiger partial charge < -0.3 is 16.0 Å². The van der Waals surface area contributed by atoms with E-state index < -0.39 is 11.9 Å². The molecule has 4 N–H and O–H groups in total. The second-order valence-electron chi connectivity index (χ2n) is 7.44. The van der Waals surface area contributed by atoms with Crippen LogP contribution in [0.25, 0.3) is 32.5 Å². The summed E-state index contributed by atoms with van der Waals surface area (Å²) in [6.45, 7) is 0. The number of amides is 2. The number of thiophene rings is 1. The average molecular weight is 442 g/mol. The fourth-order valence-corrected chi connectivity index (χ4v) is 4.65. The van der Waals surface area contributed by atoms with Gasteiger partial charge in [-0.2, -0.15) is 0 Å². The zero-order chi connectivity index (χ0) is 22.1. The van der Waals surface area contributed by atoms with E-state index in [9.17, 15) is 9.59 Å². The van der Waals surface area contributed by atoms with Gasteiger partial charge in [-0.3, -0.25) is 14.6 Å². The summed E-state index contributed by atoms with van der Waals surface area (Å²) in [4.78, 5) is 36.8. The zero-order valence-electron chi connectivity index (χ0n) is 16.9. The van der Waals surface area contributed by atoms with E-state index in [0.717, 1.165) is 32.2 Å². The molecular weight excluding hydrogens is 422 g/mol. The molecular formula is C24H19N5O2S. The normalized spacial score (nSPS) is 12.1. The smallest absolute Gasteiger partial charge is 0.252 e. The van der Waals surface area contributed by atoms with Crippen LogP contribution in [0.4, 0.5) is 0 Å². The van der Waals surface area contributed by atoms with E-state index in [0.29, 0.717) is 17.8 Å². The maximum Gasteiger partial charge on any atom is 0.252 e. The highest BCUT2D eigenvalue weighted by Crippen LogP contribution is 2.27. The van der Waals surface area contributed by atoms with Crippen LogP contribution in [-0.2, 0) is 11.2 Å². The lowest BCUT2D eigenvalue weighted by atomic mass is 10.0. The molecule has 0 spiro atoms. The van der Waals surface area contributed by atoms with Crippen LogP contribution in [0, 0.1) is 0 Å². The van der Waals surface area contributed by atoms with Gasteiger partial charge in [0.05, 0.1) is 11.0 Å². The third kappa shape index (κ3) is 3.83. The van der Waals surface area contributed by atoms with Gasteiger partial charge in [0.25, 0.3) is 5.91 Å². The summed E-state index contributed by atoms with van der Waals surface area (Å²) >= 11 is 1.60. The standard InChI is InChI=1S/C24H19N5O2S/c25-22(30)20(12-16-13-32-21-4-2-1-3-17(16)21)29-24(31)15-5-6-18-19(11-15)28-23(27-18)14-7-9-26-10-8-14/h1-11,13,20H,12H2,(H2,25,30)(H,27,28)(H,29,31)/t20-/m1/s1. The average Bonchev–Trinajstić information content (AvgIpc) is 3.43. The number of rotatable bonds is 6. The fourth-order valence-electron chi connectivity index (χ4n) is 3.67. The number of pyridine rings is 1. The first kappa shape index (κ1) is 19.9. The molecule has 7 nitrogen and oxygen atoms in total. The van der Waals surface area contributed by atoms with Gasteiger partial charge in [0, 0.05) is 34.6 Å². The van der Waals surface area contributed by atoms with Crippen LogP contribution < -0.4 is 11.1 Å². The number of hydrogen-bond acceptors (Lipinski definition) is 5. The van der Waals surface area contributed by atoms with E-state index >= 15 is 0 Å². The SMILES string of the molecule is NC(=O)[C@@H](Cc1csc2ccccc12)NC(=O)c1ccc2nc(-c3ccncc3)[nH]c2c1. The molecule has 158 valence electrons. The molecule has 5 aromatic rings. The number of H-pyrrole nitrogens is 1. The minimum Gasteiger partial charge on any atom is -0.368 e. The summed E-state index contributed by atoms with van der Waals surface area (Å²) in [6, 6.07) is 16.1. The molecule has 0 aliphatic rings. The number of imidazole rings is 1. The van der Waals surface area contributed by atoms with Crippen molar-refractivity contribution in [1.29, 1.82) is 0 Å². The lowest BCUT2D eigenvalue weighted by Crippen LogP contribution is -2.45. The van der Waals surface area contributed by atoms with Gasteiger partial charge in [-0.05, 0) is 52.7 Å². The van der Waals surface area contributed by atoms with Crippen LogP contribution in [0.1, 0.15) is 15.9 Å². The molecule has 0 saturated carbocycles. The molecule has 0 saturated heterocycles. The van der Waals surface area contributed by atoms with E-state index in [2.05, 4.69) is 20.3 Å². The van der Waals surface area contributed by atoms with Crippen LogP contribution in [0.5, 0.6) is 0 Å². The molecule has 0 aliphatic heterocycles. The molecule has 1 atom stereocenters. The molecule has 3 aromatic heterocycles. The Bertz CT molecular complexity index is 1440. The van der Waals surface area contributed by atoms with E-state index in [1.54, 1.807) is 41.9 Å². The Hall–Kier alpha value is -4.04. The molecule has 0 bridgehead atoms. The Kier molecular flexibility index (Phi) is 5.12. The molecule has 0 aliphatic carbocycles. The minimum absolute atomic E-state index is 0.337. The number of hydrogen-bond donors (Lipinski definition) is 3. The van der Waals surface area contributed by atoms with E-state index in [1.807, 2.05) is 41.8 Å². The number of carbonyl (C=O) groups is 2. The van der Waals surface area contributed by atoms with Crippen molar-refractivity contribution in [3.8, 4) is 11.4 Å². The van der Waals surface area contributed by atoms with Crippen LogP contribution in [0.2, 0.25) is 0 Å². The highest BCUT2D eigenvalue weighted by molar-refractivity contribution is 7.17. The van der Waals surface area contributed by atoms with Crippen LogP contribution in [-0.4, -0.2) is 32.8 Å². The van der Waals surface area contributed by atoms with Crippen molar-refractivity contribution in [1.82, 2.24) is 20.3 Å². The van der Waals surface area contributed by atoms with Crippen molar-refractivity contribution < 1.29 is 9.59 Å². The number of aromatic nitrogens is 3. The summed E-state index contributed by atoms with van der Waals surface area (Å²) in [5.74, 6) is -0.245. The van der Waals surface area contributed by atoms with Crippen molar-refractivity contribution in [2.75, 3.05) is 0 Å². The molecule has 2 amide bonds. The third-order valence-corrected chi connectivity index (χ3v) is 6.34. The van der Waals surface area contributed by atoms with Gasteiger partial charge in [0.2, 0.25) is 5.91 Å². The summed E-state index contributed by atoms with van der Waals surface area (Å²) in [5, 5.41) is 5.86. The highest BCUT2D eigenvalue weighted by atomic mass is 32.1. The number of carbonyl (C=O) groups excluding carboxylic acids is 2. The fraction of sp³-hybridized carbons (Fsp3) is 0.0833. The topological polar surface area (TPSA) is 114 Å². The van der Waals surface area contributed by atoms with Gasteiger partial charge >= 0.3 is 0 Å². The van der Waals surface area contributed by atoms with E-state index in [-0.39, 0.29) is 5.91 Å². The molecule has 2 aromatic carbocycles. The van der Waals surface area contributed by atoms with Crippen LogP contribution in [0.3, 0.4) is 0 Å². The number of aromatic amines is 1. The van der Waals surface area contributed by atoms with Gasteiger partial charge in [-0.25, -0.2) is 4.98 Å². The molecule has 8 heteroatoms. The van der Waals surface area contributed by atoms with Crippen molar-refractivity contribution in [3.05, 3.63) is 83.5 Å². The van der Waals surface area contributed by atoms with Crippen molar-refractivity contribution in [3.63, 3.8) is 0 Å².